The fraction of sp³-hybridized carbons (Fsp3) is 0. The number of nitrogens with two attached hydrogens (primary N) is 1. The predicted molar refractivity (Wildman–Crippen MR) is 39.1 cm³/mol. The molecule has 0 spiro atoms. The van der Waals surface area contributed by atoms with Crippen molar-refractivity contribution in [1.29, 1.82) is 10.5 Å². The van der Waals surface area contributed by atoms with Crippen LogP contribution in [-0.4, -0.2) is 12.1 Å². The molecule has 0 aromatic rings. The molecular weight excluding hydrogens is 174 g/mol. The Kier molecular flexibility index (Phi) is 4.05. The summed E-state index contributed by atoms with van der Waals surface area (Å²) in [4.78, 5) is 22.7. The van der Waals surface area contributed by atoms with Crippen molar-refractivity contribution in [2.24, 2.45) is 10.7 Å². The first-order valence-electron chi connectivity index (χ1n) is 2.84. The van der Waals surface area contributed by atoms with Gasteiger partial charge >= 0.3 is 6.03 Å². The largest absolute Gasteiger partial charge is 0.388 e. The number of carbonyl (C=O) groups is 1. The second kappa shape index (κ2) is 5.08. The third kappa shape index (κ3) is 3.33. The van der Waals surface area contributed by atoms with E-state index in [1.54, 1.807) is 0 Å². The lowest BCUT2D eigenvalue weighted by atomic mass is 10.4. The van der Waals surface area contributed by atoms with E-state index in [0.29, 0.717) is 0 Å². The second-order valence-corrected chi connectivity index (χ2v) is 1.65. The van der Waals surface area contributed by atoms with Crippen LogP contribution in [0.1, 0.15) is 0 Å². The van der Waals surface area contributed by atoms with E-state index in [0.717, 1.165) is 6.08 Å². The third-order valence-electron chi connectivity index (χ3n) is 0.881. The van der Waals surface area contributed by atoms with Crippen LogP contribution >= 0.6 is 0 Å². The summed E-state index contributed by atoms with van der Waals surface area (Å²) in [5.41, 5.74) is 4.10. The van der Waals surface area contributed by atoms with Crippen molar-refractivity contribution in [1.82, 2.24) is 5.32 Å². The number of amides is 2. The van der Waals surface area contributed by atoms with Crippen LogP contribution in [0, 0.1) is 22.7 Å². The molecule has 0 fully saturated rings. The molecule has 0 bridgehead atoms. The first-order chi connectivity index (χ1) is 6.15. The number of aliphatic imine (C=N–C) groups is 1. The molecule has 0 aliphatic rings. The zero-order chi connectivity index (χ0) is 10.3. The number of nitrogens with zero attached hydrogens (tertiary/aromatic N) is 3. The third-order valence-corrected chi connectivity index (χ3v) is 0.881. The summed E-state index contributed by atoms with van der Waals surface area (Å²) in [7, 11) is 0. The van der Waals surface area contributed by atoms with Gasteiger partial charge in [0.1, 0.15) is 17.8 Å². The Morgan fingerprint density at radius 1 is 1.38 bits per heavy atom. The first-order valence-corrected chi connectivity index (χ1v) is 2.84. The minimum absolute atomic E-state index is 0.452. The fourth-order valence-electron chi connectivity index (χ4n) is 0.388. The van der Waals surface area contributed by atoms with E-state index in [1.165, 1.54) is 12.1 Å². The lowest BCUT2D eigenvalue weighted by Crippen LogP contribution is -2.21. The Morgan fingerprint density at radius 2 is 2.00 bits per heavy atom. The van der Waals surface area contributed by atoms with Crippen LogP contribution in [-0.2, 0) is 4.79 Å². The van der Waals surface area contributed by atoms with Crippen molar-refractivity contribution in [3.8, 4) is 12.1 Å². The number of nitrogens with one attached hydrogen (secondary N) is 1. The Bertz CT molecular complexity index is 377. The maximum atomic E-state index is 10.5. The minimum atomic E-state index is -1.11. The van der Waals surface area contributed by atoms with E-state index in [-0.39, 0.29) is 0 Å². The molecule has 13 heavy (non-hydrogen) atoms. The lowest BCUT2D eigenvalue weighted by molar-refractivity contribution is 0.251. The van der Waals surface area contributed by atoms with Crippen LogP contribution in [0.25, 0.3) is 0 Å². The predicted octanol–water partition coefficient (Wildman–Crippen LogP) is -0.751. The van der Waals surface area contributed by atoms with E-state index < -0.39 is 17.4 Å². The van der Waals surface area contributed by atoms with Crippen LogP contribution in [0.15, 0.2) is 16.4 Å². The van der Waals surface area contributed by atoms with E-state index in [4.69, 9.17) is 16.3 Å². The van der Waals surface area contributed by atoms with Gasteiger partial charge in [-0.05, 0) is 0 Å². The average molecular weight is 177 g/mol. The highest BCUT2D eigenvalue weighted by molar-refractivity contribution is 5.82. The topological polar surface area (TPSA) is 132 Å². The number of isocyanates is 1. The van der Waals surface area contributed by atoms with Crippen LogP contribution in [0.3, 0.4) is 0 Å². The van der Waals surface area contributed by atoms with Gasteiger partial charge in [-0.25, -0.2) is 9.59 Å². The Balaban J connectivity index is 4.72. The van der Waals surface area contributed by atoms with Gasteiger partial charge in [-0.3, -0.25) is 5.32 Å². The van der Waals surface area contributed by atoms with E-state index >= 15 is 0 Å². The van der Waals surface area contributed by atoms with Gasteiger partial charge < -0.3 is 5.73 Å². The zero-order valence-corrected chi connectivity index (χ0v) is 6.24. The van der Waals surface area contributed by atoms with Crippen LogP contribution in [0.5, 0.6) is 0 Å². The Hall–Kier alpha value is -2.63. The smallest absolute Gasteiger partial charge is 0.356 e. The molecule has 0 aliphatic heterocycles. The van der Waals surface area contributed by atoms with Crippen molar-refractivity contribution in [3.63, 3.8) is 0 Å². The van der Waals surface area contributed by atoms with Crippen molar-refractivity contribution in [2.45, 2.75) is 0 Å². The maximum Gasteiger partial charge on any atom is 0.356 e. The van der Waals surface area contributed by atoms with Gasteiger partial charge in [-0.15, -0.1) is 4.99 Å². The molecule has 0 aromatic carbocycles. The number of nitriles is 2. The number of rotatable bonds is 1. The summed E-state index contributed by atoms with van der Waals surface area (Å²) < 4.78 is 0. The summed E-state index contributed by atoms with van der Waals surface area (Å²) in [5, 5.41) is 18.4. The molecule has 0 radical (unpaired) electrons. The van der Waals surface area contributed by atoms with E-state index in [2.05, 4.69) is 4.99 Å². The van der Waals surface area contributed by atoms with Crippen LogP contribution in [0.2, 0.25) is 0 Å². The van der Waals surface area contributed by atoms with Crippen LogP contribution < -0.4 is 11.1 Å². The minimum Gasteiger partial charge on any atom is -0.388 e. The molecule has 0 unspecified atom stereocenters. The van der Waals surface area contributed by atoms with Gasteiger partial charge in [-0.2, -0.15) is 10.5 Å². The number of allylic oxidation sites excluding steroid dienone is 2. The molecule has 0 aliphatic carbocycles. The average Bonchev–Trinajstić information content (AvgIpc) is 2.13. The Labute approximate surface area is 72.8 Å². The molecular formula is C6H3N5O2. The normalized spacial score (nSPS) is 9.69. The van der Waals surface area contributed by atoms with Gasteiger partial charge in [0.25, 0.3) is 0 Å². The van der Waals surface area contributed by atoms with E-state index in [9.17, 15) is 9.59 Å². The molecule has 0 heterocycles. The van der Waals surface area contributed by atoms with Crippen molar-refractivity contribution < 1.29 is 9.59 Å². The van der Waals surface area contributed by atoms with Crippen LogP contribution in [0.4, 0.5) is 4.79 Å². The highest BCUT2D eigenvalue weighted by Crippen LogP contribution is 1.91. The standard InChI is InChI=1S/C6H3N5O2/c7-1-4(9)5(2-8)11-6(13)10-3-12/h9H2,(H,11,13). The number of urea groups is 1. The molecule has 64 valence electrons. The molecule has 0 atom stereocenters. The van der Waals surface area contributed by atoms with Crippen molar-refractivity contribution in [3.05, 3.63) is 11.4 Å². The van der Waals surface area contributed by atoms with Gasteiger partial charge in [0.05, 0.1) is 0 Å². The van der Waals surface area contributed by atoms with Gasteiger partial charge in [-0.1, -0.05) is 0 Å². The summed E-state index contributed by atoms with van der Waals surface area (Å²) in [6, 6.07) is 1.79. The van der Waals surface area contributed by atoms with E-state index in [1.807, 2.05) is 5.32 Å². The van der Waals surface area contributed by atoms with Crippen molar-refractivity contribution >= 4 is 12.1 Å². The monoisotopic (exact) mass is 177 g/mol. The van der Waals surface area contributed by atoms with Crippen molar-refractivity contribution in [2.75, 3.05) is 0 Å². The number of carbonyl (C=O) groups excluding carboxylic acids is 2. The molecule has 0 saturated carbocycles. The Morgan fingerprint density at radius 3 is 2.38 bits per heavy atom. The summed E-state index contributed by atoms with van der Waals surface area (Å²) in [6.45, 7) is 0. The molecule has 0 aromatic heterocycles. The van der Waals surface area contributed by atoms with Gasteiger partial charge in [0, 0.05) is 0 Å². The molecule has 7 nitrogen and oxygen atoms in total. The SMILES string of the molecule is N#CC(N)=C(C#N)NC(=O)N=C=O. The highest BCUT2D eigenvalue weighted by Gasteiger charge is 2.05. The summed E-state index contributed by atoms with van der Waals surface area (Å²) in [6.07, 6.45) is 0.961. The fourth-order valence-corrected chi connectivity index (χ4v) is 0.388. The zero-order valence-electron chi connectivity index (χ0n) is 6.24. The number of hydrogen-bond donors (Lipinski definition) is 2. The maximum absolute atomic E-state index is 10.5. The summed E-state index contributed by atoms with van der Waals surface area (Å²) >= 11 is 0. The van der Waals surface area contributed by atoms with Gasteiger partial charge in [0.15, 0.2) is 5.70 Å². The summed E-state index contributed by atoms with van der Waals surface area (Å²) in [5.74, 6) is 0. The molecule has 0 rings (SSSR count). The quantitative estimate of drug-likeness (QED) is 0.309. The number of hydrogen-bond acceptors (Lipinski definition) is 5. The molecule has 3 N–H and O–H groups in total. The molecule has 2 amide bonds. The first kappa shape index (κ1) is 10.4. The second-order valence-electron chi connectivity index (χ2n) is 1.65. The molecule has 7 heteroatoms. The highest BCUT2D eigenvalue weighted by atomic mass is 16.2. The molecule has 0 saturated heterocycles. The van der Waals surface area contributed by atoms with Gasteiger partial charge in [0.2, 0.25) is 6.08 Å². The lowest BCUT2D eigenvalue weighted by Gasteiger charge is -1.96.